The zero-order valence-corrected chi connectivity index (χ0v) is 16.1. The van der Waals surface area contributed by atoms with E-state index < -0.39 is 22.3 Å². The van der Waals surface area contributed by atoms with Crippen molar-refractivity contribution >= 4 is 23.4 Å². The Morgan fingerprint density at radius 1 is 1.37 bits per heavy atom. The number of ether oxygens (including phenoxy) is 1. The lowest BCUT2D eigenvalue weighted by Gasteiger charge is -2.15. The normalized spacial score (nSPS) is 18.0. The molecule has 0 amide bonds. The van der Waals surface area contributed by atoms with Gasteiger partial charge in [-0.1, -0.05) is 11.8 Å². The van der Waals surface area contributed by atoms with Gasteiger partial charge in [-0.05, 0) is 30.2 Å². The molecule has 3 heterocycles. The maximum atomic E-state index is 12.9. The van der Waals surface area contributed by atoms with Crippen LogP contribution in [0.3, 0.4) is 0 Å². The van der Waals surface area contributed by atoms with Crippen LogP contribution in [0.4, 0.5) is 5.82 Å². The molecule has 0 radical (unpaired) electrons. The second-order valence-corrected chi connectivity index (χ2v) is 7.68. The smallest absolute Gasteiger partial charge is 0.332 e. The number of nitrogens with zero attached hydrogens (tertiary/aromatic N) is 6. The van der Waals surface area contributed by atoms with Crippen molar-refractivity contribution in [2.45, 2.75) is 42.8 Å². The van der Waals surface area contributed by atoms with Crippen LogP contribution in [0, 0.1) is 0 Å². The predicted molar refractivity (Wildman–Crippen MR) is 97.8 cm³/mol. The van der Waals surface area contributed by atoms with E-state index in [9.17, 15) is 14.4 Å². The number of nitrogen functional groups attached to an aromatic ring is 1. The van der Waals surface area contributed by atoms with Gasteiger partial charge in [-0.25, -0.2) is 9.48 Å². The van der Waals surface area contributed by atoms with Gasteiger partial charge >= 0.3 is 5.69 Å². The minimum atomic E-state index is -0.716. The minimum Gasteiger partial charge on any atom is -0.384 e. The number of tetrazole rings is 1. The van der Waals surface area contributed by atoms with Gasteiger partial charge in [-0.15, -0.1) is 5.10 Å². The molecular weight excluding hydrogens is 374 g/mol. The van der Waals surface area contributed by atoms with Crippen molar-refractivity contribution in [1.82, 2.24) is 29.3 Å². The van der Waals surface area contributed by atoms with E-state index in [4.69, 9.17) is 10.5 Å². The Hall–Kier alpha value is -2.47. The van der Waals surface area contributed by atoms with E-state index >= 15 is 0 Å². The van der Waals surface area contributed by atoms with Crippen LogP contribution in [-0.2, 0) is 25.4 Å². The van der Waals surface area contributed by atoms with Gasteiger partial charge in [-0.3, -0.25) is 18.7 Å². The first-order chi connectivity index (χ1) is 12.8. The Morgan fingerprint density at radius 3 is 2.78 bits per heavy atom. The van der Waals surface area contributed by atoms with Gasteiger partial charge in [0.25, 0.3) is 5.56 Å². The van der Waals surface area contributed by atoms with E-state index in [1.807, 2.05) is 0 Å². The molecule has 2 aromatic heterocycles. The van der Waals surface area contributed by atoms with Crippen LogP contribution in [-0.4, -0.2) is 53.1 Å². The summed E-state index contributed by atoms with van der Waals surface area (Å²) in [6, 6.07) is 0. The Bertz CT molecular complexity index is 974. The molecule has 1 aliphatic heterocycles. The number of Topliss-reactive ketones (excluding diaryl/α,β-unsaturated/α-hetero) is 1. The van der Waals surface area contributed by atoms with Crippen molar-refractivity contribution in [3.05, 3.63) is 26.4 Å². The van der Waals surface area contributed by atoms with Crippen LogP contribution >= 0.6 is 11.8 Å². The summed E-state index contributed by atoms with van der Waals surface area (Å²) in [4.78, 5) is 37.1. The molecule has 0 aromatic carbocycles. The van der Waals surface area contributed by atoms with E-state index in [0.29, 0.717) is 11.7 Å². The molecule has 0 saturated carbocycles. The van der Waals surface area contributed by atoms with Gasteiger partial charge in [0.15, 0.2) is 5.78 Å². The maximum Gasteiger partial charge on any atom is 0.332 e. The molecule has 1 saturated heterocycles. The predicted octanol–water partition coefficient (Wildman–Crippen LogP) is -0.805. The molecule has 0 spiro atoms. The highest BCUT2D eigenvalue weighted by Gasteiger charge is 2.27. The number of nitrogens with two attached hydrogens (primary N) is 1. The fourth-order valence-electron chi connectivity index (χ4n) is 2.88. The monoisotopic (exact) mass is 395 g/mol. The summed E-state index contributed by atoms with van der Waals surface area (Å²) in [5.74, 6) is -0.639. The van der Waals surface area contributed by atoms with Crippen molar-refractivity contribution in [1.29, 1.82) is 0 Å². The second-order valence-electron chi connectivity index (χ2n) is 6.37. The lowest BCUT2D eigenvalue weighted by molar-refractivity contribution is 0.0911. The number of aromatic nitrogens is 6. The highest BCUT2D eigenvalue weighted by atomic mass is 32.2. The van der Waals surface area contributed by atoms with Crippen LogP contribution in [0.25, 0.3) is 0 Å². The van der Waals surface area contributed by atoms with Crippen LogP contribution in [0.1, 0.15) is 30.1 Å². The number of ketones is 1. The lowest BCUT2D eigenvalue weighted by atomic mass is 10.1. The van der Waals surface area contributed by atoms with Crippen LogP contribution in [0.2, 0.25) is 0 Å². The lowest BCUT2D eigenvalue weighted by Crippen LogP contribution is -2.42. The molecule has 2 aromatic rings. The Kier molecular flexibility index (Phi) is 5.46. The van der Waals surface area contributed by atoms with Crippen molar-refractivity contribution < 1.29 is 9.53 Å². The first-order valence-corrected chi connectivity index (χ1v) is 9.33. The van der Waals surface area contributed by atoms with Gasteiger partial charge in [0.2, 0.25) is 5.16 Å². The van der Waals surface area contributed by atoms with Crippen LogP contribution in [0.15, 0.2) is 14.7 Å². The molecule has 2 N–H and O–H groups in total. The highest BCUT2D eigenvalue weighted by molar-refractivity contribution is 8.00. The van der Waals surface area contributed by atoms with Gasteiger partial charge in [0.05, 0.1) is 17.9 Å². The number of anilines is 1. The maximum absolute atomic E-state index is 12.9. The largest absolute Gasteiger partial charge is 0.384 e. The molecule has 27 heavy (non-hydrogen) atoms. The van der Waals surface area contributed by atoms with Crippen molar-refractivity contribution in [3.63, 3.8) is 0 Å². The molecule has 11 nitrogen and oxygen atoms in total. The standard InChI is InChI=1S/C15H21N7O4S/c1-8(11(23)10-12(16)20(2)15(25)21(3)13(10)24)27-14-17-18-19-22(14)7-9-5-4-6-26-9/h8-9H,4-7,16H2,1-3H3/t8-,9-/m1/s1. The summed E-state index contributed by atoms with van der Waals surface area (Å²) in [7, 11) is 2.72. The molecule has 12 heteroatoms. The average Bonchev–Trinajstić information content (AvgIpc) is 3.31. The first-order valence-electron chi connectivity index (χ1n) is 8.45. The van der Waals surface area contributed by atoms with E-state index in [2.05, 4.69) is 15.5 Å². The summed E-state index contributed by atoms with van der Waals surface area (Å²) >= 11 is 1.13. The van der Waals surface area contributed by atoms with Crippen LogP contribution < -0.4 is 17.0 Å². The highest BCUT2D eigenvalue weighted by Crippen LogP contribution is 2.25. The summed E-state index contributed by atoms with van der Waals surface area (Å²) in [6.45, 7) is 2.86. The third-order valence-electron chi connectivity index (χ3n) is 4.51. The van der Waals surface area contributed by atoms with E-state index in [1.165, 1.54) is 14.1 Å². The Morgan fingerprint density at radius 2 is 2.11 bits per heavy atom. The Balaban J connectivity index is 1.83. The molecule has 1 fully saturated rings. The molecule has 0 unspecified atom stereocenters. The molecular formula is C15H21N7O4S. The van der Waals surface area contributed by atoms with Crippen molar-refractivity contribution in [3.8, 4) is 0 Å². The number of carbonyl (C=O) groups excluding carboxylic acids is 1. The fourth-order valence-corrected chi connectivity index (χ4v) is 3.74. The molecule has 3 rings (SSSR count). The second kappa shape index (κ2) is 7.64. The van der Waals surface area contributed by atoms with Crippen LogP contribution in [0.5, 0.6) is 0 Å². The third-order valence-corrected chi connectivity index (χ3v) is 5.58. The minimum absolute atomic E-state index is 0.0467. The van der Waals surface area contributed by atoms with Crippen molar-refractivity contribution in [2.75, 3.05) is 12.3 Å². The van der Waals surface area contributed by atoms with Gasteiger partial charge in [0, 0.05) is 20.7 Å². The van der Waals surface area contributed by atoms with Gasteiger partial charge < -0.3 is 10.5 Å². The number of hydrogen-bond donors (Lipinski definition) is 1. The van der Waals surface area contributed by atoms with E-state index in [1.54, 1.807) is 11.6 Å². The number of thioether (sulfide) groups is 1. The zero-order valence-electron chi connectivity index (χ0n) is 15.3. The SMILES string of the molecule is C[C@@H](Sc1nnnn1C[C@H]1CCCO1)C(=O)c1c(N)n(C)c(=O)n(C)c1=O. The van der Waals surface area contributed by atoms with Crippen molar-refractivity contribution in [2.24, 2.45) is 14.1 Å². The fraction of sp³-hybridized carbons (Fsp3) is 0.600. The zero-order chi connectivity index (χ0) is 19.7. The average molecular weight is 395 g/mol. The third kappa shape index (κ3) is 3.67. The molecule has 2 atom stereocenters. The first kappa shape index (κ1) is 19.3. The summed E-state index contributed by atoms with van der Waals surface area (Å²) in [6.07, 6.45) is 1.98. The molecule has 0 aliphatic carbocycles. The number of hydrogen-bond acceptors (Lipinski definition) is 9. The number of carbonyl (C=O) groups is 1. The summed E-state index contributed by atoms with van der Waals surface area (Å²) in [5.41, 5.74) is 4.35. The summed E-state index contributed by atoms with van der Waals surface area (Å²) in [5, 5.41) is 11.3. The number of rotatable bonds is 6. The topological polar surface area (TPSA) is 140 Å². The van der Waals surface area contributed by atoms with Gasteiger partial charge in [0.1, 0.15) is 11.4 Å². The van der Waals surface area contributed by atoms with E-state index in [0.717, 1.165) is 40.3 Å². The molecule has 0 bridgehead atoms. The van der Waals surface area contributed by atoms with E-state index in [-0.39, 0.29) is 17.5 Å². The molecule has 1 aliphatic rings. The molecule has 146 valence electrons. The van der Waals surface area contributed by atoms with Gasteiger partial charge in [-0.2, -0.15) is 0 Å². The summed E-state index contributed by atoms with van der Waals surface area (Å²) < 4.78 is 9.12. The quantitative estimate of drug-likeness (QED) is 0.491. The Labute approximate surface area is 158 Å².